The number of nitrogens with one attached hydrogen (secondary N) is 2. The number of nitrogens with zero attached hydrogens (tertiary/aromatic N) is 2. The summed E-state index contributed by atoms with van der Waals surface area (Å²) in [5, 5.41) is 15.3. The van der Waals surface area contributed by atoms with Crippen LogP contribution in [0.4, 0.5) is 0 Å². The van der Waals surface area contributed by atoms with Gasteiger partial charge in [0.1, 0.15) is 5.03 Å². The van der Waals surface area contributed by atoms with Gasteiger partial charge in [0, 0.05) is 31.6 Å². The van der Waals surface area contributed by atoms with E-state index in [1.54, 1.807) is 19.2 Å². The standard InChI is InChI=1S/C16H19ClN4O2S/c1-23-11-10-18-8-9-19-16(22)13-6-7-15(21-20-13)24-14-5-3-2-4-12(14)17/h2-7,18H,8-11H2,1H3,(H,19,22). The maximum Gasteiger partial charge on any atom is 0.271 e. The normalized spacial score (nSPS) is 10.6. The zero-order valence-corrected chi connectivity index (χ0v) is 14.9. The summed E-state index contributed by atoms with van der Waals surface area (Å²) in [5.41, 5.74) is 0.287. The number of carbonyl (C=O) groups is 1. The monoisotopic (exact) mass is 366 g/mol. The number of methoxy groups -OCH3 is 1. The lowest BCUT2D eigenvalue weighted by atomic mass is 10.3. The molecule has 0 spiro atoms. The van der Waals surface area contributed by atoms with Crippen LogP contribution < -0.4 is 10.6 Å². The lowest BCUT2D eigenvalue weighted by Crippen LogP contribution is -2.33. The van der Waals surface area contributed by atoms with Crippen molar-refractivity contribution in [2.75, 3.05) is 33.4 Å². The zero-order valence-electron chi connectivity index (χ0n) is 13.3. The van der Waals surface area contributed by atoms with Gasteiger partial charge in [-0.3, -0.25) is 4.79 Å². The fraction of sp³-hybridized carbons (Fsp3) is 0.312. The highest BCUT2D eigenvalue weighted by Crippen LogP contribution is 2.31. The number of benzene rings is 1. The Labute approximate surface area is 150 Å². The first kappa shape index (κ1) is 18.7. The van der Waals surface area contributed by atoms with Crippen LogP contribution in [0, 0.1) is 0 Å². The van der Waals surface area contributed by atoms with E-state index in [1.165, 1.54) is 11.8 Å². The molecule has 128 valence electrons. The summed E-state index contributed by atoms with van der Waals surface area (Å²) < 4.78 is 4.92. The van der Waals surface area contributed by atoms with Gasteiger partial charge in [-0.05, 0) is 24.3 Å². The van der Waals surface area contributed by atoms with Gasteiger partial charge in [-0.15, -0.1) is 10.2 Å². The van der Waals surface area contributed by atoms with Gasteiger partial charge in [-0.2, -0.15) is 0 Å². The van der Waals surface area contributed by atoms with Gasteiger partial charge >= 0.3 is 0 Å². The Morgan fingerprint density at radius 3 is 2.71 bits per heavy atom. The Morgan fingerprint density at radius 1 is 1.17 bits per heavy atom. The molecule has 1 heterocycles. The highest BCUT2D eigenvalue weighted by molar-refractivity contribution is 7.99. The van der Waals surface area contributed by atoms with Crippen molar-refractivity contribution in [2.45, 2.75) is 9.92 Å². The first-order valence-electron chi connectivity index (χ1n) is 7.44. The highest BCUT2D eigenvalue weighted by atomic mass is 35.5. The summed E-state index contributed by atoms with van der Waals surface area (Å²) in [6.07, 6.45) is 0. The smallest absolute Gasteiger partial charge is 0.271 e. The highest BCUT2D eigenvalue weighted by Gasteiger charge is 2.09. The fourth-order valence-corrected chi connectivity index (χ4v) is 2.80. The summed E-state index contributed by atoms with van der Waals surface area (Å²) in [6.45, 7) is 2.58. The number of amides is 1. The van der Waals surface area contributed by atoms with Gasteiger partial charge in [-0.1, -0.05) is 35.5 Å². The van der Waals surface area contributed by atoms with E-state index in [9.17, 15) is 4.79 Å². The van der Waals surface area contributed by atoms with E-state index >= 15 is 0 Å². The number of ether oxygens (including phenoxy) is 1. The van der Waals surface area contributed by atoms with Gasteiger partial charge in [0.05, 0.1) is 11.6 Å². The first-order valence-corrected chi connectivity index (χ1v) is 8.64. The van der Waals surface area contributed by atoms with Crippen molar-refractivity contribution in [3.05, 3.63) is 47.1 Å². The number of hydrogen-bond donors (Lipinski definition) is 2. The van der Waals surface area contributed by atoms with Crippen molar-refractivity contribution in [1.82, 2.24) is 20.8 Å². The Kier molecular flexibility index (Phi) is 7.97. The molecule has 2 N–H and O–H groups in total. The van der Waals surface area contributed by atoms with Crippen LogP contribution in [-0.2, 0) is 4.74 Å². The molecule has 0 unspecified atom stereocenters. The summed E-state index contributed by atoms with van der Waals surface area (Å²) in [7, 11) is 1.65. The average molecular weight is 367 g/mol. The molecule has 0 aliphatic carbocycles. The second-order valence-electron chi connectivity index (χ2n) is 4.79. The molecule has 0 saturated carbocycles. The van der Waals surface area contributed by atoms with Crippen molar-refractivity contribution < 1.29 is 9.53 Å². The lowest BCUT2D eigenvalue weighted by molar-refractivity contribution is 0.0947. The third-order valence-electron chi connectivity index (χ3n) is 2.99. The maximum atomic E-state index is 12.0. The Balaban J connectivity index is 1.81. The number of carbonyl (C=O) groups excluding carboxylic acids is 1. The maximum absolute atomic E-state index is 12.0. The molecule has 0 saturated heterocycles. The molecule has 1 amide bonds. The molecule has 2 aromatic rings. The second-order valence-corrected chi connectivity index (χ2v) is 6.26. The largest absolute Gasteiger partial charge is 0.383 e. The minimum atomic E-state index is -0.245. The van der Waals surface area contributed by atoms with E-state index in [4.69, 9.17) is 16.3 Å². The zero-order chi connectivity index (χ0) is 17.2. The third kappa shape index (κ3) is 6.09. The average Bonchev–Trinajstić information content (AvgIpc) is 2.60. The van der Waals surface area contributed by atoms with Crippen molar-refractivity contribution in [1.29, 1.82) is 0 Å². The molecule has 1 aromatic heterocycles. The Hall–Kier alpha value is -1.67. The lowest BCUT2D eigenvalue weighted by Gasteiger charge is -2.06. The van der Waals surface area contributed by atoms with Gasteiger partial charge < -0.3 is 15.4 Å². The summed E-state index contributed by atoms with van der Waals surface area (Å²) in [5.74, 6) is -0.245. The van der Waals surface area contributed by atoms with E-state index in [0.29, 0.717) is 29.7 Å². The van der Waals surface area contributed by atoms with Crippen molar-refractivity contribution >= 4 is 29.3 Å². The van der Waals surface area contributed by atoms with Crippen molar-refractivity contribution in [3.63, 3.8) is 0 Å². The first-order chi connectivity index (χ1) is 11.7. The quantitative estimate of drug-likeness (QED) is 0.663. The van der Waals surface area contributed by atoms with Gasteiger partial charge in [0.25, 0.3) is 5.91 Å². The molecule has 24 heavy (non-hydrogen) atoms. The van der Waals surface area contributed by atoms with Crippen molar-refractivity contribution in [3.8, 4) is 0 Å². The van der Waals surface area contributed by atoms with Crippen LogP contribution in [0.5, 0.6) is 0 Å². The Bertz CT molecular complexity index is 655. The molecule has 0 atom stereocenters. The number of aromatic nitrogens is 2. The molecule has 0 bridgehead atoms. The molecule has 0 aliphatic rings. The molecule has 8 heteroatoms. The van der Waals surface area contributed by atoms with Crippen LogP contribution in [-0.4, -0.2) is 49.5 Å². The molecule has 2 rings (SSSR count). The van der Waals surface area contributed by atoms with Gasteiger partial charge in [0.15, 0.2) is 5.69 Å². The molecule has 6 nitrogen and oxygen atoms in total. The SMILES string of the molecule is COCCNCCNC(=O)c1ccc(Sc2ccccc2Cl)nn1. The molecule has 0 aliphatic heterocycles. The molecule has 1 aromatic carbocycles. The minimum absolute atomic E-state index is 0.245. The van der Waals surface area contributed by atoms with Gasteiger partial charge in [-0.25, -0.2) is 0 Å². The van der Waals surface area contributed by atoms with Crippen LogP contribution in [0.1, 0.15) is 10.5 Å². The van der Waals surface area contributed by atoms with E-state index < -0.39 is 0 Å². The molecule has 0 radical (unpaired) electrons. The van der Waals surface area contributed by atoms with Crippen LogP contribution in [0.15, 0.2) is 46.3 Å². The van der Waals surface area contributed by atoms with E-state index in [2.05, 4.69) is 20.8 Å². The third-order valence-corrected chi connectivity index (χ3v) is 4.44. The van der Waals surface area contributed by atoms with Crippen LogP contribution in [0.2, 0.25) is 5.02 Å². The minimum Gasteiger partial charge on any atom is -0.383 e. The summed E-state index contributed by atoms with van der Waals surface area (Å²) in [6, 6.07) is 10.9. The predicted molar refractivity (Wildman–Crippen MR) is 94.7 cm³/mol. The van der Waals surface area contributed by atoms with E-state index in [-0.39, 0.29) is 11.6 Å². The summed E-state index contributed by atoms with van der Waals surface area (Å²) in [4.78, 5) is 12.9. The molecular formula is C16H19ClN4O2S. The van der Waals surface area contributed by atoms with Crippen molar-refractivity contribution in [2.24, 2.45) is 0 Å². The summed E-state index contributed by atoms with van der Waals surface area (Å²) >= 11 is 7.52. The van der Waals surface area contributed by atoms with Crippen LogP contribution >= 0.6 is 23.4 Å². The Morgan fingerprint density at radius 2 is 2.00 bits per heavy atom. The number of halogens is 1. The van der Waals surface area contributed by atoms with E-state index in [0.717, 1.165) is 11.4 Å². The second kappa shape index (κ2) is 10.2. The van der Waals surface area contributed by atoms with Gasteiger partial charge in [0.2, 0.25) is 0 Å². The topological polar surface area (TPSA) is 76.1 Å². The van der Waals surface area contributed by atoms with E-state index in [1.807, 2.05) is 24.3 Å². The van der Waals surface area contributed by atoms with Crippen LogP contribution in [0.25, 0.3) is 0 Å². The van der Waals surface area contributed by atoms with Crippen LogP contribution in [0.3, 0.4) is 0 Å². The number of rotatable bonds is 9. The molecule has 0 fully saturated rings. The molecular weight excluding hydrogens is 348 g/mol. The fourth-order valence-electron chi connectivity index (χ4n) is 1.79. The predicted octanol–water partition coefficient (Wildman–Crippen LogP) is 2.25. The number of hydrogen-bond acceptors (Lipinski definition) is 6.